The smallest absolute Gasteiger partial charge is 0.212 e. The van der Waals surface area contributed by atoms with Gasteiger partial charge in [0.1, 0.15) is 0 Å². The highest BCUT2D eigenvalue weighted by Crippen LogP contribution is 2.25. The molecule has 0 aliphatic rings. The standard InChI is InChI=1S/C14H12ClNO2/c1-9(17)11-5-12(7-13(15)6-11)10-3-4-14(18-2)16-8-10/h3-8H,1-2H3. The van der Waals surface area contributed by atoms with E-state index in [-0.39, 0.29) is 5.78 Å². The number of hydrogen-bond donors (Lipinski definition) is 0. The number of Topliss-reactive ketones (excluding diaryl/α,β-unsaturated/α-hetero) is 1. The molecule has 1 aromatic heterocycles. The van der Waals surface area contributed by atoms with Crippen molar-refractivity contribution in [3.63, 3.8) is 0 Å². The maximum Gasteiger partial charge on any atom is 0.212 e. The number of nitrogens with zero attached hydrogens (tertiary/aromatic N) is 1. The van der Waals surface area contributed by atoms with Gasteiger partial charge in [0.25, 0.3) is 0 Å². The Kier molecular flexibility index (Phi) is 3.63. The Balaban J connectivity index is 2.46. The summed E-state index contributed by atoms with van der Waals surface area (Å²) >= 11 is 6.01. The van der Waals surface area contributed by atoms with Crippen LogP contribution in [0.1, 0.15) is 17.3 Å². The lowest BCUT2D eigenvalue weighted by Gasteiger charge is -2.05. The van der Waals surface area contributed by atoms with Gasteiger partial charge in [-0.1, -0.05) is 11.6 Å². The minimum atomic E-state index is -0.0137. The van der Waals surface area contributed by atoms with E-state index >= 15 is 0 Å². The number of pyridine rings is 1. The van der Waals surface area contributed by atoms with Crippen molar-refractivity contribution in [2.45, 2.75) is 6.92 Å². The highest BCUT2D eigenvalue weighted by Gasteiger charge is 2.06. The van der Waals surface area contributed by atoms with Gasteiger partial charge in [-0.25, -0.2) is 4.98 Å². The van der Waals surface area contributed by atoms with Gasteiger partial charge in [0.05, 0.1) is 7.11 Å². The van der Waals surface area contributed by atoms with Crippen LogP contribution in [0.3, 0.4) is 0 Å². The number of carbonyl (C=O) groups excluding carboxylic acids is 1. The first-order chi connectivity index (χ1) is 8.60. The number of ether oxygens (including phenoxy) is 1. The van der Waals surface area contributed by atoms with Gasteiger partial charge in [-0.2, -0.15) is 0 Å². The number of rotatable bonds is 3. The SMILES string of the molecule is COc1ccc(-c2cc(Cl)cc(C(C)=O)c2)cn1. The van der Waals surface area contributed by atoms with Crippen LogP contribution in [-0.2, 0) is 0 Å². The minimum absolute atomic E-state index is 0.0137. The molecule has 0 spiro atoms. The molecule has 3 nitrogen and oxygen atoms in total. The maximum absolute atomic E-state index is 11.4. The van der Waals surface area contributed by atoms with Crippen molar-refractivity contribution in [1.82, 2.24) is 4.98 Å². The second kappa shape index (κ2) is 5.19. The van der Waals surface area contributed by atoms with Crippen LogP contribution in [0.25, 0.3) is 11.1 Å². The van der Waals surface area contributed by atoms with Crippen molar-refractivity contribution in [3.05, 3.63) is 47.1 Å². The Morgan fingerprint density at radius 2 is 2.00 bits per heavy atom. The van der Waals surface area contributed by atoms with Crippen LogP contribution >= 0.6 is 11.6 Å². The summed E-state index contributed by atoms with van der Waals surface area (Å²) in [6, 6.07) is 8.91. The Morgan fingerprint density at radius 3 is 2.56 bits per heavy atom. The molecule has 0 radical (unpaired) electrons. The van der Waals surface area contributed by atoms with E-state index in [2.05, 4.69) is 4.98 Å². The van der Waals surface area contributed by atoms with E-state index in [1.165, 1.54) is 6.92 Å². The van der Waals surface area contributed by atoms with E-state index in [0.29, 0.717) is 16.5 Å². The van der Waals surface area contributed by atoms with Crippen molar-refractivity contribution in [3.8, 4) is 17.0 Å². The van der Waals surface area contributed by atoms with Crippen LogP contribution < -0.4 is 4.74 Å². The number of halogens is 1. The van der Waals surface area contributed by atoms with E-state index in [1.807, 2.05) is 6.07 Å². The van der Waals surface area contributed by atoms with E-state index in [0.717, 1.165) is 11.1 Å². The molecule has 0 aliphatic carbocycles. The fourth-order valence-electron chi connectivity index (χ4n) is 1.63. The monoisotopic (exact) mass is 261 g/mol. The van der Waals surface area contributed by atoms with E-state index in [1.54, 1.807) is 37.6 Å². The average molecular weight is 262 g/mol. The van der Waals surface area contributed by atoms with Gasteiger partial charge in [0, 0.05) is 28.4 Å². The summed E-state index contributed by atoms with van der Waals surface area (Å²) in [5.74, 6) is 0.535. The van der Waals surface area contributed by atoms with Crippen LogP contribution in [0.4, 0.5) is 0 Å². The van der Waals surface area contributed by atoms with Gasteiger partial charge >= 0.3 is 0 Å². The highest BCUT2D eigenvalue weighted by atomic mass is 35.5. The Morgan fingerprint density at radius 1 is 1.22 bits per heavy atom. The molecule has 0 aliphatic heterocycles. The fourth-order valence-corrected chi connectivity index (χ4v) is 1.87. The normalized spacial score (nSPS) is 10.2. The molecule has 0 bridgehead atoms. The molecule has 0 unspecified atom stereocenters. The van der Waals surface area contributed by atoms with Crippen molar-refractivity contribution < 1.29 is 9.53 Å². The minimum Gasteiger partial charge on any atom is -0.481 e. The van der Waals surface area contributed by atoms with Gasteiger partial charge in [0.15, 0.2) is 5.78 Å². The predicted octanol–water partition coefficient (Wildman–Crippen LogP) is 3.61. The Labute approximate surface area is 110 Å². The van der Waals surface area contributed by atoms with Crippen LogP contribution in [-0.4, -0.2) is 17.9 Å². The molecule has 1 heterocycles. The molecule has 1 aromatic carbocycles. The second-order valence-corrected chi connectivity index (χ2v) is 4.31. The lowest BCUT2D eigenvalue weighted by atomic mass is 10.0. The summed E-state index contributed by atoms with van der Waals surface area (Å²) in [4.78, 5) is 15.5. The van der Waals surface area contributed by atoms with Gasteiger partial charge < -0.3 is 4.74 Å². The quantitative estimate of drug-likeness (QED) is 0.793. The molecule has 18 heavy (non-hydrogen) atoms. The van der Waals surface area contributed by atoms with Crippen molar-refractivity contribution in [1.29, 1.82) is 0 Å². The molecule has 92 valence electrons. The van der Waals surface area contributed by atoms with Crippen LogP contribution in [0.5, 0.6) is 5.88 Å². The number of aromatic nitrogens is 1. The largest absolute Gasteiger partial charge is 0.481 e. The summed E-state index contributed by atoms with van der Waals surface area (Å²) < 4.78 is 5.00. The number of ketones is 1. The highest BCUT2D eigenvalue weighted by molar-refractivity contribution is 6.31. The van der Waals surface area contributed by atoms with Crippen molar-refractivity contribution >= 4 is 17.4 Å². The molecule has 0 amide bonds. The molecule has 0 saturated heterocycles. The van der Waals surface area contributed by atoms with Crippen molar-refractivity contribution in [2.24, 2.45) is 0 Å². The molecule has 0 N–H and O–H groups in total. The predicted molar refractivity (Wildman–Crippen MR) is 71.2 cm³/mol. The maximum atomic E-state index is 11.4. The molecule has 4 heteroatoms. The number of carbonyl (C=O) groups is 1. The van der Waals surface area contributed by atoms with Gasteiger partial charge in [-0.3, -0.25) is 4.79 Å². The third-order valence-electron chi connectivity index (χ3n) is 2.58. The topological polar surface area (TPSA) is 39.2 Å². The molecule has 2 aromatic rings. The van der Waals surface area contributed by atoms with Gasteiger partial charge in [-0.15, -0.1) is 0 Å². The first-order valence-electron chi connectivity index (χ1n) is 5.42. The molecular weight excluding hydrogens is 250 g/mol. The number of hydrogen-bond acceptors (Lipinski definition) is 3. The lowest BCUT2D eigenvalue weighted by Crippen LogP contribution is -1.93. The molecule has 0 saturated carbocycles. The third kappa shape index (κ3) is 2.68. The Bertz CT molecular complexity index is 579. The first-order valence-corrected chi connectivity index (χ1v) is 5.80. The first kappa shape index (κ1) is 12.6. The number of benzene rings is 1. The zero-order valence-electron chi connectivity index (χ0n) is 10.1. The van der Waals surface area contributed by atoms with Gasteiger partial charge in [-0.05, 0) is 36.8 Å². The van der Waals surface area contributed by atoms with E-state index in [9.17, 15) is 4.79 Å². The van der Waals surface area contributed by atoms with Crippen LogP contribution in [0, 0.1) is 0 Å². The zero-order valence-corrected chi connectivity index (χ0v) is 10.9. The second-order valence-electron chi connectivity index (χ2n) is 3.87. The van der Waals surface area contributed by atoms with E-state index in [4.69, 9.17) is 16.3 Å². The zero-order chi connectivity index (χ0) is 13.1. The molecule has 0 fully saturated rings. The number of methoxy groups -OCH3 is 1. The van der Waals surface area contributed by atoms with Gasteiger partial charge in [0.2, 0.25) is 5.88 Å². The molecule has 0 atom stereocenters. The fraction of sp³-hybridized carbons (Fsp3) is 0.143. The summed E-state index contributed by atoms with van der Waals surface area (Å²) in [6.45, 7) is 1.52. The summed E-state index contributed by atoms with van der Waals surface area (Å²) in [5.41, 5.74) is 2.34. The van der Waals surface area contributed by atoms with E-state index < -0.39 is 0 Å². The van der Waals surface area contributed by atoms with Crippen LogP contribution in [0.2, 0.25) is 5.02 Å². The Hall–Kier alpha value is -1.87. The average Bonchev–Trinajstić information content (AvgIpc) is 2.38. The molecular formula is C14H12ClNO2. The molecule has 2 rings (SSSR count). The summed E-state index contributed by atoms with van der Waals surface area (Å²) in [5, 5.41) is 0.536. The van der Waals surface area contributed by atoms with Crippen molar-refractivity contribution in [2.75, 3.05) is 7.11 Å². The summed E-state index contributed by atoms with van der Waals surface area (Å²) in [7, 11) is 1.56. The summed E-state index contributed by atoms with van der Waals surface area (Å²) in [6.07, 6.45) is 1.69. The third-order valence-corrected chi connectivity index (χ3v) is 2.80. The lowest BCUT2D eigenvalue weighted by molar-refractivity contribution is 0.101. The van der Waals surface area contributed by atoms with Crippen LogP contribution in [0.15, 0.2) is 36.5 Å².